The van der Waals surface area contributed by atoms with Crippen LogP contribution in [0.5, 0.6) is 0 Å². The van der Waals surface area contributed by atoms with Gasteiger partial charge in [0.1, 0.15) is 0 Å². The molecule has 0 bridgehead atoms. The third-order valence-electron chi connectivity index (χ3n) is 0.586. The molecule has 0 saturated heterocycles. The van der Waals surface area contributed by atoms with Gasteiger partial charge in [-0.25, -0.2) is 39.5 Å². The number of halogens is 6. The van der Waals surface area contributed by atoms with E-state index in [4.69, 9.17) is 86.1 Å². The molecule has 0 aromatic heterocycles. The Kier molecular flexibility index (Phi) is 36.0. The van der Waals surface area contributed by atoms with E-state index < -0.39 is 47.4 Å². The third-order valence-corrected chi connectivity index (χ3v) is 0.586. The fraction of sp³-hybridized carbons (Fsp3) is 0.200. The number of rotatable bonds is 0. The maximum Gasteiger partial charge on any atom is 0.507 e. The molecule has 12 N–H and O–H groups in total. The van der Waals surface area contributed by atoms with E-state index in [0.29, 0.717) is 0 Å². The molecule has 0 atom stereocenters. The van der Waals surface area contributed by atoms with Crippen LogP contribution >= 0.6 is 47.4 Å². The van der Waals surface area contributed by atoms with Crippen molar-refractivity contribution in [2.75, 3.05) is 0 Å². The zero-order valence-electron chi connectivity index (χ0n) is 16.1. The molecule has 0 radical (unpaired) electrons. The first-order chi connectivity index (χ1) is 14.5. The molecular weight excluding hydrogens is 704 g/mol. The molecule has 0 aromatic carbocycles. The van der Waals surface area contributed by atoms with E-state index in [0.717, 1.165) is 6.42 Å². The number of hydrogen-bond donors (Lipinski definition) is 12. The molecule has 0 saturated carbocycles. The van der Waals surface area contributed by atoms with Crippen molar-refractivity contribution in [3.05, 3.63) is 24.3 Å². The van der Waals surface area contributed by atoms with Crippen LogP contribution in [-0.4, -0.2) is 58.7 Å². The Morgan fingerprint density at radius 2 is 0.611 bits per heavy atom. The van der Waals surface area contributed by atoms with Gasteiger partial charge in [0.2, 0.25) is 0 Å². The number of hydrogen-bond acceptors (Lipinski definition) is 6. The van der Waals surface area contributed by atoms with Crippen LogP contribution in [0.4, 0.5) is 25.2 Å². The Morgan fingerprint density at radius 3 is 0.639 bits per heavy atom. The van der Waals surface area contributed by atoms with Crippen molar-refractivity contribution in [3.8, 4) is 0 Å². The summed E-state index contributed by atoms with van der Waals surface area (Å²) in [6.07, 6.45) is 10.0. The fourth-order valence-electron chi connectivity index (χ4n) is 0.340. The molecule has 18 nitrogen and oxygen atoms in total. The minimum Gasteiger partial charge on any atom is -0.299 e. The summed E-state index contributed by atoms with van der Waals surface area (Å²) < 4.78 is 114. The van der Waals surface area contributed by atoms with Gasteiger partial charge < -0.3 is 0 Å². The Balaban J connectivity index is -0.0000000543. The topological polar surface area (TPSA) is 345 Å². The van der Waals surface area contributed by atoms with E-state index in [1.165, 1.54) is 0 Å². The summed E-state index contributed by atoms with van der Waals surface area (Å²) in [5.41, 5.74) is 0. The summed E-state index contributed by atoms with van der Waals surface area (Å²) in [5.74, 6) is 0. The second kappa shape index (κ2) is 24.5. The van der Waals surface area contributed by atoms with Gasteiger partial charge in [-0.2, -0.15) is 6.08 Å². The van der Waals surface area contributed by atoms with Crippen LogP contribution in [0.2, 0.25) is 0 Å². The molecule has 0 aromatic rings. The van der Waals surface area contributed by atoms with Gasteiger partial charge in [0.05, 0.1) is 0 Å². The summed E-state index contributed by atoms with van der Waals surface area (Å²) in [7, 11) is -30.8. The predicted molar refractivity (Wildman–Crippen MR) is 100 cm³/mol. The maximum absolute atomic E-state index is 10.4. The van der Waals surface area contributed by atoms with Crippen molar-refractivity contribution in [3.63, 3.8) is 0 Å². The molecule has 31 heteroatoms. The predicted octanol–water partition coefficient (Wildman–Crippen LogP) is 1.59. The third kappa shape index (κ3) is 1290. The molecule has 226 valence electrons. The first-order valence-electron chi connectivity index (χ1n) is 6.23. The Bertz CT molecular complexity index is 647. The van der Waals surface area contributed by atoms with Crippen molar-refractivity contribution in [2.24, 2.45) is 0 Å². The summed E-state index contributed by atoms with van der Waals surface area (Å²) in [5, 5.41) is 0. The molecule has 0 spiro atoms. The van der Waals surface area contributed by atoms with Crippen LogP contribution in [0, 0.1) is 6.08 Å². The van der Waals surface area contributed by atoms with E-state index in [9.17, 15) is 25.2 Å². The Labute approximate surface area is 206 Å². The van der Waals surface area contributed by atoms with Gasteiger partial charge in [-0.1, -0.05) is 0 Å². The first kappa shape index (κ1) is 52.8. The van der Waals surface area contributed by atoms with Crippen molar-refractivity contribution < 1.29 is 128 Å². The van der Waals surface area contributed by atoms with Crippen LogP contribution in [-0.2, 0) is 44.5 Å². The van der Waals surface area contributed by atoms with Crippen molar-refractivity contribution in [2.45, 2.75) is 6.42 Å². The summed E-state index contributed by atoms with van der Waals surface area (Å²) in [6.45, 7) is 0. The first-order valence-corrected chi connectivity index (χ1v) is 15.2. The van der Waals surface area contributed by atoms with Gasteiger partial charge in [0.15, 0.2) is 0 Å². The van der Waals surface area contributed by atoms with E-state index in [2.05, 4.69) is 12.2 Å². The van der Waals surface area contributed by atoms with Gasteiger partial charge in [-0.05, 0) is 0 Å². The van der Waals surface area contributed by atoms with Gasteiger partial charge in [0.25, 0.3) is 0 Å². The minimum atomic E-state index is -5.14. The van der Waals surface area contributed by atoms with E-state index in [1.54, 1.807) is 0 Å². The average molecular weight is 721 g/mol. The standard InChI is InChI=1S/C5H5.6FH2O3P.Fe/c1-2-4-5-3-1;6*1-5(2,3)4;/h1-3H,4H2;6*(H2,2,3,4);/q-1;;;;;;;. The quantitative estimate of drug-likeness (QED) is 0.0731. The molecule has 0 heterocycles. The average Bonchev–Trinajstić information content (AvgIpc) is 2.81. The van der Waals surface area contributed by atoms with E-state index in [1.807, 2.05) is 12.2 Å². The molecule has 36 heavy (non-hydrogen) atoms. The second-order valence-electron chi connectivity index (χ2n) is 3.84. The molecule has 0 aliphatic heterocycles. The SMILES string of the molecule is O=P(O)(O)F.O=P(O)(O)F.O=P(O)(O)F.O=P(O)(O)F.O=P(O)(O)F.O=P(O)(O)F.[C-]1=CC=CC1.[Fe]. The molecular formula is C5H17F6FeO18P6-. The number of allylic oxidation sites excluding steroid dienone is 4. The summed E-state index contributed by atoms with van der Waals surface area (Å²) in [4.78, 5) is 83.6. The van der Waals surface area contributed by atoms with Crippen LogP contribution in [0.15, 0.2) is 18.2 Å². The largest absolute Gasteiger partial charge is 0.507 e. The smallest absolute Gasteiger partial charge is 0.299 e. The second-order valence-corrected chi connectivity index (χ2v) is 9.52. The van der Waals surface area contributed by atoms with Crippen molar-refractivity contribution in [1.29, 1.82) is 0 Å². The van der Waals surface area contributed by atoms with Crippen LogP contribution < -0.4 is 0 Å². The molecule has 1 aliphatic rings. The van der Waals surface area contributed by atoms with Gasteiger partial charge >= 0.3 is 47.4 Å². The fourth-order valence-corrected chi connectivity index (χ4v) is 0.340. The van der Waals surface area contributed by atoms with Crippen LogP contribution in [0.3, 0.4) is 0 Å². The zero-order chi connectivity index (χ0) is 30.5. The maximum atomic E-state index is 10.4. The van der Waals surface area contributed by atoms with Crippen LogP contribution in [0.1, 0.15) is 6.42 Å². The molecule has 1 aliphatic carbocycles. The van der Waals surface area contributed by atoms with E-state index >= 15 is 0 Å². The minimum absolute atomic E-state index is 0. The summed E-state index contributed by atoms with van der Waals surface area (Å²) in [6, 6.07) is 0. The molecule has 0 amide bonds. The van der Waals surface area contributed by atoms with E-state index in [-0.39, 0.29) is 17.1 Å². The molecule has 1 rings (SSSR count). The van der Waals surface area contributed by atoms with Crippen molar-refractivity contribution >= 4 is 47.4 Å². The van der Waals surface area contributed by atoms with Gasteiger partial charge in [-0.3, -0.25) is 64.8 Å². The van der Waals surface area contributed by atoms with Crippen LogP contribution in [0.25, 0.3) is 0 Å². The van der Waals surface area contributed by atoms with Gasteiger partial charge in [-0.15, -0.1) is 31.6 Å². The Hall–Kier alpha value is 0.479. The normalized spacial score (nSPS) is 12.3. The Morgan fingerprint density at radius 1 is 0.472 bits per heavy atom. The monoisotopic (exact) mass is 721 g/mol. The van der Waals surface area contributed by atoms with Crippen molar-refractivity contribution in [1.82, 2.24) is 0 Å². The zero-order valence-corrected chi connectivity index (χ0v) is 22.5. The molecule has 0 fully saturated rings. The summed E-state index contributed by atoms with van der Waals surface area (Å²) >= 11 is 0. The van der Waals surface area contributed by atoms with Gasteiger partial charge in [0, 0.05) is 17.1 Å². The molecule has 0 unspecified atom stereocenters.